The first-order valence-corrected chi connectivity index (χ1v) is 18.7. The molecule has 0 amide bonds. The van der Waals surface area contributed by atoms with Crippen LogP contribution >= 0.6 is 13.4 Å². The zero-order chi connectivity index (χ0) is 31.3. The Morgan fingerprint density at radius 3 is 2.38 bits per heavy atom. The van der Waals surface area contributed by atoms with Crippen LogP contribution in [-0.4, -0.2) is 110 Å². The minimum atomic E-state index is -4.13. The monoisotopic (exact) mass is 701 g/mol. The van der Waals surface area contributed by atoms with Gasteiger partial charge in [0.2, 0.25) is 0 Å². The number of anilines is 1. The average molecular weight is 702 g/mol. The van der Waals surface area contributed by atoms with Crippen LogP contribution in [0.3, 0.4) is 0 Å². The lowest BCUT2D eigenvalue weighted by Crippen LogP contribution is -2.45. The van der Waals surface area contributed by atoms with Crippen LogP contribution in [0, 0.1) is 6.92 Å². The van der Waals surface area contributed by atoms with E-state index in [2.05, 4.69) is 29.9 Å². The molecule has 4 fully saturated rings. The summed E-state index contributed by atoms with van der Waals surface area (Å²) in [6.45, 7) is -7.29. The molecule has 0 spiro atoms. The molecule has 10 atom stereocenters. The summed E-state index contributed by atoms with van der Waals surface area (Å²) in [5.41, 5.74) is 6.74. The van der Waals surface area contributed by atoms with Crippen LogP contribution in [0.25, 0.3) is 22.3 Å². The Hall–Kier alpha value is -2.20. The number of aryl methyl sites for hydroxylation is 1. The molecule has 3 unspecified atom stereocenters. The lowest BCUT2D eigenvalue weighted by Gasteiger charge is -2.33. The summed E-state index contributed by atoms with van der Waals surface area (Å²) >= 11 is 10.8. The van der Waals surface area contributed by atoms with Gasteiger partial charge in [0.1, 0.15) is 59.8 Å². The van der Waals surface area contributed by atoms with Crippen molar-refractivity contribution >= 4 is 65.2 Å². The quantitative estimate of drug-likeness (QED) is 0.197. The van der Waals surface area contributed by atoms with Crippen molar-refractivity contribution in [3.8, 4) is 0 Å². The minimum absolute atomic E-state index is 0.0756. The molecule has 0 radical (unpaired) electrons. The number of aliphatic hydroxyl groups is 1. The summed E-state index contributed by atoms with van der Waals surface area (Å²) < 4.78 is 45.2. The van der Waals surface area contributed by atoms with E-state index in [1.807, 2.05) is 0 Å². The lowest BCUT2D eigenvalue weighted by atomic mass is 10.0. The van der Waals surface area contributed by atoms with Gasteiger partial charge in [0.25, 0.3) is 0 Å². The highest BCUT2D eigenvalue weighted by Crippen LogP contribution is 2.58. The van der Waals surface area contributed by atoms with Gasteiger partial charge in [-0.3, -0.25) is 18.2 Å². The number of fused-ring (bicyclic) bond motifs is 4. The zero-order valence-electron chi connectivity index (χ0n) is 23.0. The summed E-state index contributed by atoms with van der Waals surface area (Å²) in [4.78, 5) is 47.8. The van der Waals surface area contributed by atoms with Crippen molar-refractivity contribution < 1.29 is 47.2 Å². The van der Waals surface area contributed by atoms with Gasteiger partial charge in [0, 0.05) is 0 Å². The van der Waals surface area contributed by atoms with Gasteiger partial charge >= 0.3 is 13.4 Å². The predicted octanol–water partition coefficient (Wildman–Crippen LogP) is -0.268. The highest BCUT2D eigenvalue weighted by Gasteiger charge is 2.65. The summed E-state index contributed by atoms with van der Waals surface area (Å²) in [6.07, 6.45) is -2.14. The maximum absolute atomic E-state index is 11.3. The first-order chi connectivity index (χ1) is 21.5. The third-order valence-corrected chi connectivity index (χ3v) is 11.2. The Bertz CT molecular complexity index is 1920. The number of rotatable bonds is 2. The zero-order valence-corrected chi connectivity index (χ0v) is 26.5. The van der Waals surface area contributed by atoms with Crippen LogP contribution in [0.2, 0.25) is 0 Å². The third-order valence-electron chi connectivity index (χ3n) is 8.14. The first-order valence-electron chi connectivity index (χ1n) is 13.5. The molecule has 4 aliphatic heterocycles. The molecule has 23 heteroatoms. The number of aliphatic hydroxyl groups excluding tert-OH is 1. The molecule has 240 valence electrons. The van der Waals surface area contributed by atoms with E-state index in [1.54, 1.807) is 11.5 Å². The maximum atomic E-state index is 11.3. The molecular weight excluding hydrogens is 676 g/mol. The standard InChI is InChI=1S/C22H25N9O10P2S2/c1-9-11-18(26-5-24-9)30(7-28-11)20-14-13(32)10(38-20)2-36-42(33,44)41-16-15-21(31-8-29-12-17(23)25-6-27-19(12)31)39-22(16,3-35-15)4-37-43(34,45)40-14/h5-8,10,13-16,20-21,32H,2-4H2,1H3,(H,33,44)(H,34,45)(H2,23,25,27)/t10-,13-,14-,15-,16?,20-,21-,22-,42?,43?/m1/s1. The van der Waals surface area contributed by atoms with Gasteiger partial charge in [-0.25, -0.2) is 29.9 Å². The second-order valence-corrected chi connectivity index (χ2v) is 16.5. The predicted molar refractivity (Wildman–Crippen MR) is 157 cm³/mol. The molecule has 5 N–H and O–H groups in total. The molecular formula is C22H25N9O10P2S2. The van der Waals surface area contributed by atoms with Crippen LogP contribution in [0.15, 0.2) is 25.3 Å². The van der Waals surface area contributed by atoms with Gasteiger partial charge in [-0.1, -0.05) is 0 Å². The van der Waals surface area contributed by atoms with E-state index >= 15 is 0 Å². The normalized spacial score (nSPS) is 40.3. The maximum Gasteiger partial charge on any atom is 0.325 e. The molecule has 4 aromatic heterocycles. The number of hydrogen-bond donors (Lipinski definition) is 4. The molecule has 4 aliphatic rings. The van der Waals surface area contributed by atoms with Crippen molar-refractivity contribution in [1.29, 1.82) is 0 Å². The van der Waals surface area contributed by atoms with E-state index in [4.69, 9.17) is 61.7 Å². The van der Waals surface area contributed by atoms with Gasteiger partial charge < -0.3 is 43.9 Å². The number of aromatic nitrogens is 8. The fourth-order valence-corrected chi connectivity index (χ4v) is 8.89. The van der Waals surface area contributed by atoms with E-state index in [0.29, 0.717) is 28.0 Å². The van der Waals surface area contributed by atoms with Crippen molar-refractivity contribution in [2.45, 2.75) is 55.5 Å². The Morgan fingerprint density at radius 1 is 0.889 bits per heavy atom. The second kappa shape index (κ2) is 10.7. The van der Waals surface area contributed by atoms with Crippen molar-refractivity contribution in [2.24, 2.45) is 0 Å². The molecule has 4 saturated heterocycles. The van der Waals surface area contributed by atoms with E-state index in [0.717, 1.165) is 0 Å². The largest absolute Gasteiger partial charge is 0.387 e. The SMILES string of the molecule is Cc1ncnc2c1ncn2[C@@H]1O[C@@H]2COP(O)(=S)OC3[C@H]4OC[C@]3(COP(O)(=S)O[C@@H]1[C@@H]2O)O[C@H]4n1cnc2c(N)ncnc21. The van der Waals surface area contributed by atoms with Gasteiger partial charge in [-0.2, -0.15) is 0 Å². The molecule has 0 saturated carbocycles. The Kier molecular flexibility index (Phi) is 7.14. The minimum Gasteiger partial charge on any atom is -0.387 e. The van der Waals surface area contributed by atoms with E-state index < -0.39 is 75.2 Å². The fourth-order valence-electron chi connectivity index (χ4n) is 6.00. The van der Waals surface area contributed by atoms with Crippen LogP contribution in [0.1, 0.15) is 18.1 Å². The topological polar surface area (TPSA) is 239 Å². The van der Waals surface area contributed by atoms with Crippen molar-refractivity contribution in [3.63, 3.8) is 0 Å². The highest BCUT2D eigenvalue weighted by molar-refractivity contribution is 8.07. The van der Waals surface area contributed by atoms with Crippen molar-refractivity contribution in [3.05, 3.63) is 31.0 Å². The van der Waals surface area contributed by atoms with Crippen LogP contribution in [-0.2, 0) is 55.9 Å². The van der Waals surface area contributed by atoms with Crippen LogP contribution in [0.4, 0.5) is 5.82 Å². The van der Waals surface area contributed by atoms with Crippen LogP contribution in [0.5, 0.6) is 0 Å². The molecule has 0 aromatic carbocycles. The molecule has 4 bridgehead atoms. The third kappa shape index (κ3) is 4.94. The summed E-state index contributed by atoms with van der Waals surface area (Å²) in [5, 5.41) is 11.3. The Morgan fingerprint density at radius 2 is 1.58 bits per heavy atom. The van der Waals surface area contributed by atoms with Crippen molar-refractivity contribution in [1.82, 2.24) is 39.0 Å². The van der Waals surface area contributed by atoms with Crippen LogP contribution < -0.4 is 5.73 Å². The Balaban J connectivity index is 1.14. The van der Waals surface area contributed by atoms with Crippen molar-refractivity contribution in [2.75, 3.05) is 25.6 Å². The Labute approximate surface area is 263 Å². The average Bonchev–Trinajstić information content (AvgIpc) is 3.80. The fraction of sp³-hybridized carbons (Fsp3) is 0.545. The summed E-state index contributed by atoms with van der Waals surface area (Å²) in [6, 6.07) is 0. The first kappa shape index (κ1) is 30.2. The van der Waals surface area contributed by atoms with E-state index in [1.165, 1.54) is 29.9 Å². The number of hydrogen-bond acceptors (Lipinski definition) is 17. The number of nitrogens with two attached hydrogens (primary N) is 1. The number of nitrogens with zero attached hydrogens (tertiary/aromatic N) is 8. The highest BCUT2D eigenvalue weighted by atomic mass is 32.5. The van der Waals surface area contributed by atoms with Gasteiger partial charge in [0.05, 0.1) is 38.2 Å². The number of nitrogen functional groups attached to an aromatic ring is 1. The lowest BCUT2D eigenvalue weighted by molar-refractivity contribution is -0.183. The summed E-state index contributed by atoms with van der Waals surface area (Å²) in [7, 11) is 0. The molecule has 19 nitrogen and oxygen atoms in total. The smallest absolute Gasteiger partial charge is 0.325 e. The number of imidazole rings is 2. The van der Waals surface area contributed by atoms with Gasteiger partial charge in [-0.05, 0) is 30.5 Å². The molecule has 45 heavy (non-hydrogen) atoms. The number of ether oxygens (including phenoxy) is 3. The second-order valence-electron chi connectivity index (χ2n) is 10.9. The van der Waals surface area contributed by atoms with E-state index in [-0.39, 0.29) is 12.4 Å². The molecule has 8 heterocycles. The summed E-state index contributed by atoms with van der Waals surface area (Å²) in [5.74, 6) is 0.170. The van der Waals surface area contributed by atoms with E-state index in [9.17, 15) is 14.9 Å². The van der Waals surface area contributed by atoms with Gasteiger partial charge in [-0.15, -0.1) is 0 Å². The molecule has 4 aromatic rings. The van der Waals surface area contributed by atoms with Gasteiger partial charge in [0.15, 0.2) is 29.6 Å². The molecule has 0 aliphatic carbocycles. The molecule has 8 rings (SSSR count).